The van der Waals surface area contributed by atoms with Crippen LogP contribution in [0.15, 0.2) is 30.3 Å². The van der Waals surface area contributed by atoms with Crippen molar-refractivity contribution >= 4 is 34.6 Å². The molecule has 1 aromatic carbocycles. The van der Waals surface area contributed by atoms with Crippen molar-refractivity contribution in [3.63, 3.8) is 0 Å². The van der Waals surface area contributed by atoms with E-state index in [4.69, 9.17) is 23.2 Å². The topological polar surface area (TPSA) is 37.8 Å². The average Bonchev–Trinajstić information content (AvgIpc) is 2.34. The van der Waals surface area contributed by atoms with Gasteiger partial charge < -0.3 is 5.32 Å². The predicted molar refractivity (Wildman–Crippen MR) is 75.9 cm³/mol. The summed E-state index contributed by atoms with van der Waals surface area (Å²) in [6.07, 6.45) is 0. The summed E-state index contributed by atoms with van der Waals surface area (Å²) < 4.78 is 0. The van der Waals surface area contributed by atoms with Crippen LogP contribution in [0, 0.1) is 0 Å². The first kappa shape index (κ1) is 13.1. The molecule has 3 nitrogen and oxygen atoms in total. The zero-order valence-electron chi connectivity index (χ0n) is 10.1. The third kappa shape index (κ3) is 3.12. The Morgan fingerprint density at radius 1 is 1.11 bits per heavy atom. The molecule has 0 aliphatic heterocycles. The molecule has 0 bridgehead atoms. The number of halogens is 2. The van der Waals surface area contributed by atoms with Gasteiger partial charge in [-0.2, -0.15) is 0 Å². The molecule has 1 aromatic heterocycles. The molecule has 94 valence electrons. The Kier molecular flexibility index (Phi) is 4.04. The van der Waals surface area contributed by atoms with Gasteiger partial charge in [0.15, 0.2) is 10.3 Å². The minimum absolute atomic E-state index is 0.300. The normalized spacial score (nSPS) is 10.7. The fraction of sp³-hybridized carbons (Fsp3) is 0.231. The number of benzene rings is 1. The van der Waals surface area contributed by atoms with E-state index in [1.165, 1.54) is 5.56 Å². The Morgan fingerprint density at radius 2 is 1.89 bits per heavy atom. The molecule has 1 N–H and O–H groups in total. The minimum atomic E-state index is 0.300. The zero-order valence-corrected chi connectivity index (χ0v) is 11.6. The van der Waals surface area contributed by atoms with Gasteiger partial charge >= 0.3 is 0 Å². The van der Waals surface area contributed by atoms with Crippen molar-refractivity contribution in [1.82, 2.24) is 10.2 Å². The quantitative estimate of drug-likeness (QED) is 0.890. The van der Waals surface area contributed by atoms with E-state index >= 15 is 0 Å². The maximum absolute atomic E-state index is 5.95. The summed E-state index contributed by atoms with van der Waals surface area (Å²) in [7, 11) is 0. The Morgan fingerprint density at radius 3 is 2.61 bits per heavy atom. The summed E-state index contributed by atoms with van der Waals surface area (Å²) in [4.78, 5) is 0. The molecule has 18 heavy (non-hydrogen) atoms. The van der Waals surface area contributed by atoms with Crippen LogP contribution < -0.4 is 5.32 Å². The molecule has 0 saturated carbocycles. The third-order valence-corrected chi connectivity index (χ3v) is 3.02. The standard InChI is InChI=1S/C13H13Cl2N3/c1-8(2)9-4-3-5-10(6-9)16-11-7-12(14)17-18-13(11)15/h3-8H,1-2H3,(H,16,17). The van der Waals surface area contributed by atoms with Gasteiger partial charge in [0.2, 0.25) is 0 Å². The van der Waals surface area contributed by atoms with Crippen molar-refractivity contribution in [1.29, 1.82) is 0 Å². The van der Waals surface area contributed by atoms with Crippen LogP contribution in [-0.2, 0) is 0 Å². The Balaban J connectivity index is 2.28. The molecular weight excluding hydrogens is 269 g/mol. The lowest BCUT2D eigenvalue weighted by molar-refractivity contribution is 0.867. The summed E-state index contributed by atoms with van der Waals surface area (Å²) in [6.45, 7) is 4.30. The monoisotopic (exact) mass is 281 g/mol. The molecule has 1 heterocycles. The second-order valence-corrected chi connectivity index (χ2v) is 5.02. The molecule has 2 aromatic rings. The van der Waals surface area contributed by atoms with E-state index in [1.807, 2.05) is 12.1 Å². The summed E-state index contributed by atoms with van der Waals surface area (Å²) in [5, 5.41) is 11.2. The Labute approximate surface area is 116 Å². The smallest absolute Gasteiger partial charge is 0.175 e. The van der Waals surface area contributed by atoms with Gasteiger partial charge in [0, 0.05) is 11.8 Å². The number of rotatable bonds is 3. The van der Waals surface area contributed by atoms with Gasteiger partial charge in [-0.25, -0.2) is 0 Å². The molecule has 0 fully saturated rings. The number of hydrogen-bond donors (Lipinski definition) is 1. The Hall–Kier alpha value is -1.32. The van der Waals surface area contributed by atoms with Crippen LogP contribution in [0.2, 0.25) is 10.3 Å². The SMILES string of the molecule is CC(C)c1cccc(Nc2cc(Cl)nnc2Cl)c1. The summed E-state index contributed by atoms with van der Waals surface area (Å²) in [5.41, 5.74) is 2.86. The van der Waals surface area contributed by atoms with E-state index in [-0.39, 0.29) is 0 Å². The molecule has 5 heteroatoms. The highest BCUT2D eigenvalue weighted by molar-refractivity contribution is 6.33. The summed E-state index contributed by atoms with van der Waals surface area (Å²) in [6, 6.07) is 9.79. The van der Waals surface area contributed by atoms with E-state index in [9.17, 15) is 0 Å². The van der Waals surface area contributed by atoms with Crippen LogP contribution >= 0.6 is 23.2 Å². The fourth-order valence-corrected chi connectivity index (χ4v) is 1.86. The number of anilines is 2. The Bertz CT molecular complexity index is 556. The van der Waals surface area contributed by atoms with Crippen LogP contribution in [0.4, 0.5) is 11.4 Å². The molecule has 0 spiro atoms. The van der Waals surface area contributed by atoms with E-state index < -0.39 is 0 Å². The van der Waals surface area contributed by atoms with Gasteiger partial charge in [-0.15, -0.1) is 10.2 Å². The molecule has 0 aliphatic rings. The van der Waals surface area contributed by atoms with Gasteiger partial charge in [-0.1, -0.05) is 49.2 Å². The van der Waals surface area contributed by atoms with E-state index in [2.05, 4.69) is 41.5 Å². The van der Waals surface area contributed by atoms with Gasteiger partial charge in [0.1, 0.15) is 0 Å². The first-order chi connectivity index (χ1) is 8.56. The molecule has 0 saturated heterocycles. The van der Waals surface area contributed by atoms with Crippen molar-refractivity contribution in [2.75, 3.05) is 5.32 Å². The summed E-state index contributed by atoms with van der Waals surface area (Å²) >= 11 is 11.7. The molecule has 0 aliphatic carbocycles. The van der Waals surface area contributed by atoms with E-state index in [0.717, 1.165) is 5.69 Å². The molecule has 2 rings (SSSR count). The molecule has 0 unspecified atom stereocenters. The minimum Gasteiger partial charge on any atom is -0.353 e. The maximum atomic E-state index is 5.95. The molecule has 0 atom stereocenters. The highest BCUT2D eigenvalue weighted by Gasteiger charge is 2.06. The second-order valence-electron chi connectivity index (χ2n) is 4.28. The van der Waals surface area contributed by atoms with Gasteiger partial charge in [0.25, 0.3) is 0 Å². The lowest BCUT2D eigenvalue weighted by atomic mass is 10.0. The average molecular weight is 282 g/mol. The molecule has 0 amide bonds. The van der Waals surface area contributed by atoms with E-state index in [1.54, 1.807) is 6.07 Å². The van der Waals surface area contributed by atoms with Crippen molar-refractivity contribution in [2.24, 2.45) is 0 Å². The first-order valence-electron chi connectivity index (χ1n) is 5.62. The van der Waals surface area contributed by atoms with Crippen LogP contribution in [0.5, 0.6) is 0 Å². The van der Waals surface area contributed by atoms with Crippen LogP contribution in [0.3, 0.4) is 0 Å². The highest BCUT2D eigenvalue weighted by atomic mass is 35.5. The highest BCUT2D eigenvalue weighted by Crippen LogP contribution is 2.26. The predicted octanol–water partition coefficient (Wildman–Crippen LogP) is 4.65. The molecular formula is C13H13Cl2N3. The number of hydrogen-bond acceptors (Lipinski definition) is 3. The molecule has 0 radical (unpaired) electrons. The number of aromatic nitrogens is 2. The summed E-state index contributed by atoms with van der Waals surface area (Å²) in [5.74, 6) is 0.473. The maximum Gasteiger partial charge on any atom is 0.175 e. The third-order valence-electron chi connectivity index (χ3n) is 2.55. The largest absolute Gasteiger partial charge is 0.353 e. The van der Waals surface area contributed by atoms with Crippen LogP contribution in [0.1, 0.15) is 25.3 Å². The van der Waals surface area contributed by atoms with E-state index in [0.29, 0.717) is 21.9 Å². The zero-order chi connectivity index (χ0) is 13.1. The fourth-order valence-electron chi connectivity index (χ4n) is 1.57. The lowest BCUT2D eigenvalue weighted by Gasteiger charge is -2.11. The van der Waals surface area contributed by atoms with Crippen LogP contribution in [0.25, 0.3) is 0 Å². The van der Waals surface area contributed by atoms with Crippen molar-refractivity contribution < 1.29 is 0 Å². The van der Waals surface area contributed by atoms with Gasteiger partial charge in [-0.05, 0) is 23.6 Å². The lowest BCUT2D eigenvalue weighted by Crippen LogP contribution is -1.96. The van der Waals surface area contributed by atoms with Crippen molar-refractivity contribution in [2.45, 2.75) is 19.8 Å². The number of nitrogens with zero attached hydrogens (tertiary/aromatic N) is 2. The van der Waals surface area contributed by atoms with Gasteiger partial charge in [-0.3, -0.25) is 0 Å². The van der Waals surface area contributed by atoms with Crippen molar-refractivity contribution in [3.05, 3.63) is 46.2 Å². The van der Waals surface area contributed by atoms with Gasteiger partial charge in [0.05, 0.1) is 5.69 Å². The second kappa shape index (κ2) is 5.55. The van der Waals surface area contributed by atoms with Crippen LogP contribution in [-0.4, -0.2) is 10.2 Å². The van der Waals surface area contributed by atoms with Crippen molar-refractivity contribution in [3.8, 4) is 0 Å². The first-order valence-corrected chi connectivity index (χ1v) is 6.37. The number of nitrogens with one attached hydrogen (secondary N) is 1.